The predicted molar refractivity (Wildman–Crippen MR) is 90.4 cm³/mol. The highest BCUT2D eigenvalue weighted by molar-refractivity contribution is 5.85. The van der Waals surface area contributed by atoms with Crippen molar-refractivity contribution in [3.05, 3.63) is 35.9 Å². The number of esters is 1. The molecule has 0 bridgehead atoms. The van der Waals surface area contributed by atoms with E-state index in [9.17, 15) is 9.59 Å². The number of halogens is 1. The Bertz CT molecular complexity index is 505. The smallest absolute Gasteiger partial charge is 0.319 e. The predicted octanol–water partition coefficient (Wildman–Crippen LogP) is 0.295. The minimum Gasteiger partial charge on any atom is -0.468 e. The molecule has 1 aliphatic rings. The van der Waals surface area contributed by atoms with Crippen LogP contribution >= 0.6 is 12.4 Å². The van der Waals surface area contributed by atoms with Crippen LogP contribution in [-0.2, 0) is 20.7 Å². The minimum absolute atomic E-state index is 0. The molecule has 1 saturated heterocycles. The molecule has 1 heterocycles. The summed E-state index contributed by atoms with van der Waals surface area (Å²) in [5.41, 5.74) is 7.10. The van der Waals surface area contributed by atoms with Gasteiger partial charge in [0, 0.05) is 26.2 Å². The van der Waals surface area contributed by atoms with Gasteiger partial charge in [0.2, 0.25) is 5.91 Å². The van der Waals surface area contributed by atoms with Gasteiger partial charge >= 0.3 is 5.97 Å². The monoisotopic (exact) mass is 341 g/mol. The Morgan fingerprint density at radius 1 is 1.17 bits per heavy atom. The third-order valence-corrected chi connectivity index (χ3v) is 3.88. The van der Waals surface area contributed by atoms with Crippen molar-refractivity contribution in [2.75, 3.05) is 39.8 Å². The van der Waals surface area contributed by atoms with E-state index in [4.69, 9.17) is 5.73 Å². The molecule has 0 aliphatic carbocycles. The van der Waals surface area contributed by atoms with Crippen LogP contribution < -0.4 is 5.73 Å². The van der Waals surface area contributed by atoms with Crippen LogP contribution in [0.1, 0.15) is 5.56 Å². The molecule has 1 aromatic rings. The number of hydrogen-bond acceptors (Lipinski definition) is 5. The molecule has 1 unspecified atom stereocenters. The van der Waals surface area contributed by atoms with Gasteiger partial charge in [0.1, 0.15) is 0 Å². The molecule has 0 saturated carbocycles. The molecule has 2 N–H and O–H groups in total. The number of rotatable bonds is 5. The van der Waals surface area contributed by atoms with Gasteiger partial charge in [-0.2, -0.15) is 0 Å². The van der Waals surface area contributed by atoms with Crippen LogP contribution in [-0.4, -0.2) is 67.6 Å². The second-order valence-corrected chi connectivity index (χ2v) is 5.47. The molecule has 1 aromatic carbocycles. The molecule has 0 aromatic heterocycles. The van der Waals surface area contributed by atoms with E-state index in [1.807, 2.05) is 35.2 Å². The summed E-state index contributed by atoms with van der Waals surface area (Å²) in [4.78, 5) is 27.4. The summed E-state index contributed by atoms with van der Waals surface area (Å²) in [5.74, 6) is -0.276. The van der Waals surface area contributed by atoms with Crippen LogP contribution in [0.25, 0.3) is 0 Å². The topological polar surface area (TPSA) is 75.9 Å². The van der Waals surface area contributed by atoms with Gasteiger partial charge in [0.15, 0.2) is 0 Å². The Hall–Kier alpha value is -1.63. The summed E-state index contributed by atoms with van der Waals surface area (Å²) in [6.45, 7) is 2.79. The molecule has 2 rings (SSSR count). The summed E-state index contributed by atoms with van der Waals surface area (Å²) in [6.07, 6.45) is 0.544. The maximum atomic E-state index is 12.4. The second-order valence-electron chi connectivity index (χ2n) is 5.47. The number of hydrogen-bond donors (Lipinski definition) is 1. The lowest BCUT2D eigenvalue weighted by atomic mass is 10.1. The molecule has 1 atom stereocenters. The first-order valence-corrected chi connectivity index (χ1v) is 7.47. The van der Waals surface area contributed by atoms with E-state index in [2.05, 4.69) is 4.74 Å². The molecule has 0 radical (unpaired) electrons. The number of methoxy groups -OCH3 is 1. The van der Waals surface area contributed by atoms with Crippen molar-refractivity contribution in [3.8, 4) is 0 Å². The third kappa shape index (κ3) is 5.82. The molecule has 7 heteroatoms. The fourth-order valence-corrected chi connectivity index (χ4v) is 2.56. The molecule has 6 nitrogen and oxygen atoms in total. The first kappa shape index (κ1) is 19.4. The van der Waals surface area contributed by atoms with Crippen LogP contribution in [0.4, 0.5) is 0 Å². The summed E-state index contributed by atoms with van der Waals surface area (Å²) < 4.78 is 4.65. The van der Waals surface area contributed by atoms with E-state index < -0.39 is 6.04 Å². The maximum absolute atomic E-state index is 12.4. The Kier molecular flexibility index (Phi) is 8.02. The summed E-state index contributed by atoms with van der Waals surface area (Å²) in [7, 11) is 1.38. The standard InChI is InChI=1S/C16H23N3O3.ClH/c1-22-15(20)12-18-7-9-19(10-8-18)16(21)14(17)11-13-5-3-2-4-6-13;/h2-6,14H,7-12,17H2,1H3;1H. The number of benzene rings is 1. The average molecular weight is 342 g/mol. The number of ether oxygens (including phenoxy) is 1. The van der Waals surface area contributed by atoms with Gasteiger partial charge in [-0.15, -0.1) is 12.4 Å². The zero-order valence-corrected chi connectivity index (χ0v) is 14.1. The first-order valence-electron chi connectivity index (χ1n) is 7.47. The first-order chi connectivity index (χ1) is 10.6. The van der Waals surface area contributed by atoms with Gasteiger partial charge in [0.05, 0.1) is 19.7 Å². The number of carbonyl (C=O) groups is 2. The maximum Gasteiger partial charge on any atom is 0.319 e. The zero-order chi connectivity index (χ0) is 15.9. The van der Waals surface area contributed by atoms with Gasteiger partial charge in [-0.05, 0) is 12.0 Å². The highest BCUT2D eigenvalue weighted by Crippen LogP contribution is 2.07. The highest BCUT2D eigenvalue weighted by Gasteiger charge is 2.26. The van der Waals surface area contributed by atoms with Crippen molar-refractivity contribution in [1.29, 1.82) is 0 Å². The van der Waals surface area contributed by atoms with Crippen LogP contribution in [0.5, 0.6) is 0 Å². The van der Waals surface area contributed by atoms with Gasteiger partial charge in [-0.25, -0.2) is 0 Å². The van der Waals surface area contributed by atoms with Gasteiger partial charge in [0.25, 0.3) is 0 Å². The lowest BCUT2D eigenvalue weighted by molar-refractivity contribution is -0.142. The normalized spacial score (nSPS) is 16.3. The Balaban J connectivity index is 0.00000264. The fourth-order valence-electron chi connectivity index (χ4n) is 2.56. The number of amides is 1. The summed E-state index contributed by atoms with van der Waals surface area (Å²) >= 11 is 0. The van der Waals surface area contributed by atoms with E-state index in [0.717, 1.165) is 5.56 Å². The largest absolute Gasteiger partial charge is 0.468 e. The zero-order valence-electron chi connectivity index (χ0n) is 13.3. The Labute approximate surface area is 143 Å². The van der Waals surface area contributed by atoms with Crippen LogP contribution in [0, 0.1) is 0 Å². The van der Waals surface area contributed by atoms with Gasteiger partial charge in [-0.1, -0.05) is 30.3 Å². The fraction of sp³-hybridized carbons (Fsp3) is 0.500. The SMILES string of the molecule is COC(=O)CN1CCN(C(=O)C(N)Cc2ccccc2)CC1.Cl. The molecular weight excluding hydrogens is 318 g/mol. The third-order valence-electron chi connectivity index (χ3n) is 3.88. The number of nitrogens with two attached hydrogens (primary N) is 1. The van der Waals surface area contributed by atoms with Crippen molar-refractivity contribution in [2.24, 2.45) is 5.73 Å². The molecule has 128 valence electrons. The van der Waals surface area contributed by atoms with E-state index in [1.54, 1.807) is 4.90 Å². The van der Waals surface area contributed by atoms with Crippen LogP contribution in [0.15, 0.2) is 30.3 Å². The quantitative estimate of drug-likeness (QED) is 0.779. The van der Waals surface area contributed by atoms with E-state index in [-0.39, 0.29) is 30.8 Å². The van der Waals surface area contributed by atoms with Crippen molar-refractivity contribution in [3.63, 3.8) is 0 Å². The molecule has 1 amide bonds. The van der Waals surface area contributed by atoms with E-state index in [0.29, 0.717) is 32.6 Å². The number of nitrogens with zero attached hydrogens (tertiary/aromatic N) is 2. The lowest BCUT2D eigenvalue weighted by Crippen LogP contribution is -2.54. The van der Waals surface area contributed by atoms with E-state index in [1.165, 1.54) is 7.11 Å². The number of piperazine rings is 1. The Morgan fingerprint density at radius 3 is 2.35 bits per heavy atom. The van der Waals surface area contributed by atoms with Crippen molar-refractivity contribution < 1.29 is 14.3 Å². The average Bonchev–Trinajstić information content (AvgIpc) is 2.55. The highest BCUT2D eigenvalue weighted by atomic mass is 35.5. The van der Waals surface area contributed by atoms with Gasteiger partial charge < -0.3 is 15.4 Å². The second kappa shape index (κ2) is 9.50. The van der Waals surface area contributed by atoms with E-state index >= 15 is 0 Å². The van der Waals surface area contributed by atoms with Crippen molar-refractivity contribution in [1.82, 2.24) is 9.80 Å². The summed E-state index contributed by atoms with van der Waals surface area (Å²) in [6, 6.07) is 9.26. The lowest BCUT2D eigenvalue weighted by Gasteiger charge is -2.35. The summed E-state index contributed by atoms with van der Waals surface area (Å²) in [5, 5.41) is 0. The number of carbonyl (C=O) groups excluding carboxylic acids is 2. The van der Waals surface area contributed by atoms with Crippen molar-refractivity contribution in [2.45, 2.75) is 12.5 Å². The van der Waals surface area contributed by atoms with Crippen molar-refractivity contribution >= 4 is 24.3 Å². The molecule has 1 aliphatic heterocycles. The van der Waals surface area contributed by atoms with Crippen LogP contribution in [0.2, 0.25) is 0 Å². The van der Waals surface area contributed by atoms with Gasteiger partial charge in [-0.3, -0.25) is 14.5 Å². The minimum atomic E-state index is -0.519. The molecular formula is C16H24ClN3O3. The molecule has 0 spiro atoms. The van der Waals surface area contributed by atoms with Crippen LogP contribution in [0.3, 0.4) is 0 Å². The molecule has 1 fully saturated rings. The molecule has 23 heavy (non-hydrogen) atoms. The Morgan fingerprint density at radius 2 is 1.78 bits per heavy atom.